The summed E-state index contributed by atoms with van der Waals surface area (Å²) >= 11 is 1.53. The molecule has 2 aromatic carbocycles. The Balaban J connectivity index is 1.72. The first-order valence-corrected chi connectivity index (χ1v) is 8.77. The highest BCUT2D eigenvalue weighted by Gasteiger charge is 2.10. The highest BCUT2D eigenvalue weighted by Crippen LogP contribution is 2.28. The monoisotopic (exact) mass is 324 g/mol. The van der Waals surface area contributed by atoms with Gasteiger partial charge in [0.25, 0.3) is 0 Å². The van der Waals surface area contributed by atoms with Crippen molar-refractivity contribution in [3.63, 3.8) is 0 Å². The predicted molar refractivity (Wildman–Crippen MR) is 97.2 cm³/mol. The highest BCUT2D eigenvalue weighted by molar-refractivity contribution is 7.22. The van der Waals surface area contributed by atoms with E-state index >= 15 is 0 Å². The number of para-hydroxylation sites is 1. The molecule has 23 heavy (non-hydrogen) atoms. The van der Waals surface area contributed by atoms with Crippen LogP contribution in [-0.4, -0.2) is 10.9 Å². The summed E-state index contributed by atoms with van der Waals surface area (Å²) in [6.07, 6.45) is 2.33. The summed E-state index contributed by atoms with van der Waals surface area (Å²) in [5.74, 6) is -0.0219. The maximum atomic E-state index is 12.2. The summed E-state index contributed by atoms with van der Waals surface area (Å²) in [6.45, 7) is 4.24. The molecule has 1 amide bonds. The van der Waals surface area contributed by atoms with Crippen molar-refractivity contribution in [3.8, 4) is 0 Å². The van der Waals surface area contributed by atoms with Gasteiger partial charge in [-0.25, -0.2) is 4.98 Å². The van der Waals surface area contributed by atoms with Crippen molar-refractivity contribution in [2.24, 2.45) is 0 Å². The van der Waals surface area contributed by atoms with E-state index in [9.17, 15) is 4.79 Å². The van der Waals surface area contributed by atoms with Crippen molar-refractivity contribution in [3.05, 3.63) is 59.2 Å². The molecule has 0 saturated heterocycles. The van der Waals surface area contributed by atoms with Gasteiger partial charge in [0, 0.05) is 0 Å². The van der Waals surface area contributed by atoms with Crippen molar-refractivity contribution in [2.45, 2.75) is 33.1 Å². The highest BCUT2D eigenvalue weighted by atomic mass is 32.1. The normalized spacial score (nSPS) is 10.9. The Morgan fingerprint density at radius 3 is 2.48 bits per heavy atom. The molecule has 0 spiro atoms. The number of nitrogens with zero attached hydrogens (tertiary/aromatic N) is 1. The van der Waals surface area contributed by atoms with Gasteiger partial charge in [-0.05, 0) is 35.6 Å². The Morgan fingerprint density at radius 1 is 1.04 bits per heavy atom. The molecule has 0 aliphatic heterocycles. The second-order valence-electron chi connectivity index (χ2n) is 5.53. The Morgan fingerprint density at radius 2 is 1.78 bits per heavy atom. The quantitative estimate of drug-likeness (QED) is 0.745. The van der Waals surface area contributed by atoms with Crippen molar-refractivity contribution in [1.29, 1.82) is 0 Å². The van der Waals surface area contributed by atoms with Crippen LogP contribution in [0.5, 0.6) is 0 Å². The van der Waals surface area contributed by atoms with Crippen LogP contribution < -0.4 is 5.32 Å². The van der Waals surface area contributed by atoms with Crippen LogP contribution in [0.15, 0.2) is 42.5 Å². The van der Waals surface area contributed by atoms with Crippen LogP contribution in [0.25, 0.3) is 10.2 Å². The van der Waals surface area contributed by atoms with E-state index in [1.54, 1.807) is 0 Å². The standard InChI is InChI=1S/C19H20N2OS/c1-3-13-8-10-14(11-9-13)12-17(22)20-19-21-18-15(4-2)6-5-7-16(18)23-19/h5-11H,3-4,12H2,1-2H3,(H,20,21,22). The second-order valence-corrected chi connectivity index (χ2v) is 6.56. The van der Waals surface area contributed by atoms with Crippen molar-refractivity contribution < 1.29 is 4.79 Å². The van der Waals surface area contributed by atoms with Gasteiger partial charge in [0.15, 0.2) is 5.13 Å². The summed E-state index contributed by atoms with van der Waals surface area (Å²) in [5, 5.41) is 3.61. The van der Waals surface area contributed by atoms with Gasteiger partial charge in [0.2, 0.25) is 5.91 Å². The Labute approximate surface area is 140 Å². The smallest absolute Gasteiger partial charge is 0.230 e. The van der Waals surface area contributed by atoms with E-state index in [0.29, 0.717) is 11.6 Å². The van der Waals surface area contributed by atoms with E-state index in [1.807, 2.05) is 24.3 Å². The van der Waals surface area contributed by atoms with E-state index in [2.05, 4.69) is 42.3 Å². The number of rotatable bonds is 5. The summed E-state index contributed by atoms with van der Waals surface area (Å²) in [5.41, 5.74) is 4.53. The zero-order valence-corrected chi connectivity index (χ0v) is 14.2. The van der Waals surface area contributed by atoms with Crippen LogP contribution in [0.1, 0.15) is 30.5 Å². The number of nitrogens with one attached hydrogen (secondary N) is 1. The number of carbonyl (C=O) groups is 1. The van der Waals surface area contributed by atoms with Crippen molar-refractivity contribution in [1.82, 2.24) is 4.98 Å². The van der Waals surface area contributed by atoms with Gasteiger partial charge in [0.1, 0.15) is 0 Å². The molecule has 0 aliphatic carbocycles. The van der Waals surface area contributed by atoms with E-state index in [4.69, 9.17) is 0 Å². The first-order chi connectivity index (χ1) is 11.2. The molecule has 0 radical (unpaired) electrons. The summed E-state index contributed by atoms with van der Waals surface area (Å²) in [6, 6.07) is 14.4. The third kappa shape index (κ3) is 3.59. The molecule has 0 saturated carbocycles. The zero-order chi connectivity index (χ0) is 16.2. The van der Waals surface area contributed by atoms with Gasteiger partial charge in [-0.3, -0.25) is 4.79 Å². The molecule has 1 aromatic heterocycles. The first-order valence-electron chi connectivity index (χ1n) is 7.95. The topological polar surface area (TPSA) is 42.0 Å². The minimum absolute atomic E-state index is 0.0219. The fourth-order valence-corrected chi connectivity index (χ4v) is 3.52. The lowest BCUT2D eigenvalue weighted by molar-refractivity contribution is -0.115. The van der Waals surface area contributed by atoms with Gasteiger partial charge in [-0.2, -0.15) is 0 Å². The van der Waals surface area contributed by atoms with Gasteiger partial charge >= 0.3 is 0 Å². The fraction of sp³-hybridized carbons (Fsp3) is 0.263. The number of hydrogen-bond donors (Lipinski definition) is 1. The van der Waals surface area contributed by atoms with Crippen LogP contribution >= 0.6 is 11.3 Å². The molecule has 4 heteroatoms. The number of amides is 1. The van der Waals surface area contributed by atoms with E-state index < -0.39 is 0 Å². The molecule has 3 nitrogen and oxygen atoms in total. The summed E-state index contributed by atoms with van der Waals surface area (Å²) < 4.78 is 1.12. The number of carbonyl (C=O) groups excluding carboxylic acids is 1. The van der Waals surface area contributed by atoms with Gasteiger partial charge < -0.3 is 5.32 Å². The van der Waals surface area contributed by atoms with Crippen molar-refractivity contribution >= 4 is 32.6 Å². The third-order valence-electron chi connectivity index (χ3n) is 3.93. The van der Waals surface area contributed by atoms with Gasteiger partial charge in [-0.15, -0.1) is 0 Å². The van der Waals surface area contributed by atoms with Crippen LogP contribution in [0, 0.1) is 0 Å². The molecule has 0 bridgehead atoms. The lowest BCUT2D eigenvalue weighted by Crippen LogP contribution is -2.14. The number of hydrogen-bond acceptors (Lipinski definition) is 3. The number of thiazole rings is 1. The number of aryl methyl sites for hydroxylation is 2. The molecule has 0 unspecified atom stereocenters. The number of benzene rings is 2. The molecule has 3 rings (SSSR count). The van der Waals surface area contributed by atoms with Crippen LogP contribution in [0.3, 0.4) is 0 Å². The molecular weight excluding hydrogens is 304 g/mol. The minimum Gasteiger partial charge on any atom is -0.302 e. The number of anilines is 1. The van der Waals surface area contributed by atoms with E-state index in [1.165, 1.54) is 22.5 Å². The average molecular weight is 324 g/mol. The lowest BCUT2D eigenvalue weighted by atomic mass is 10.1. The van der Waals surface area contributed by atoms with Crippen LogP contribution in [0.2, 0.25) is 0 Å². The Bertz CT molecular complexity index is 821. The molecule has 0 fully saturated rings. The molecule has 0 atom stereocenters. The zero-order valence-electron chi connectivity index (χ0n) is 13.4. The Kier molecular flexibility index (Phi) is 4.72. The summed E-state index contributed by atoms with van der Waals surface area (Å²) in [4.78, 5) is 16.8. The molecule has 118 valence electrons. The largest absolute Gasteiger partial charge is 0.302 e. The second kappa shape index (κ2) is 6.92. The molecule has 1 N–H and O–H groups in total. The SMILES string of the molecule is CCc1ccc(CC(=O)Nc2nc3c(CC)cccc3s2)cc1. The van der Waals surface area contributed by atoms with Crippen LogP contribution in [0.4, 0.5) is 5.13 Å². The van der Waals surface area contributed by atoms with Crippen molar-refractivity contribution in [2.75, 3.05) is 5.32 Å². The van der Waals surface area contributed by atoms with Gasteiger partial charge in [0.05, 0.1) is 16.6 Å². The van der Waals surface area contributed by atoms with E-state index in [-0.39, 0.29) is 5.91 Å². The summed E-state index contributed by atoms with van der Waals surface area (Å²) in [7, 11) is 0. The lowest BCUT2D eigenvalue weighted by Gasteiger charge is -2.03. The average Bonchev–Trinajstić information content (AvgIpc) is 2.97. The first kappa shape index (κ1) is 15.7. The fourth-order valence-electron chi connectivity index (χ4n) is 2.59. The Hall–Kier alpha value is -2.20. The molecule has 0 aliphatic rings. The maximum absolute atomic E-state index is 12.2. The van der Waals surface area contributed by atoms with Gasteiger partial charge in [-0.1, -0.05) is 61.6 Å². The molecule has 1 heterocycles. The minimum atomic E-state index is -0.0219. The van der Waals surface area contributed by atoms with E-state index in [0.717, 1.165) is 28.6 Å². The predicted octanol–water partition coefficient (Wildman–Crippen LogP) is 4.60. The third-order valence-corrected chi connectivity index (χ3v) is 4.86. The number of fused-ring (bicyclic) bond motifs is 1. The number of aromatic nitrogens is 1. The maximum Gasteiger partial charge on any atom is 0.230 e. The molecular formula is C19H20N2OS. The van der Waals surface area contributed by atoms with Crippen LogP contribution in [-0.2, 0) is 24.1 Å². The molecule has 3 aromatic rings.